The lowest BCUT2D eigenvalue weighted by Gasteiger charge is -2.34. The zero-order chi connectivity index (χ0) is 13.7. The highest BCUT2D eigenvalue weighted by molar-refractivity contribution is 5.85. The van der Waals surface area contributed by atoms with E-state index < -0.39 is 0 Å². The average molecular weight is 340 g/mol. The van der Waals surface area contributed by atoms with Crippen molar-refractivity contribution in [2.24, 2.45) is 0 Å². The zero-order valence-electron chi connectivity index (χ0n) is 12.4. The first kappa shape index (κ1) is 20.1. The Hall–Kier alpha value is -0.890. The number of rotatable bonds is 5. The minimum absolute atomic E-state index is 0. The van der Waals surface area contributed by atoms with Crippen molar-refractivity contribution < 1.29 is 9.32 Å². The number of halogens is 2. The summed E-state index contributed by atoms with van der Waals surface area (Å²) in [5.41, 5.74) is 0. The van der Waals surface area contributed by atoms with Gasteiger partial charge >= 0.3 is 0 Å². The van der Waals surface area contributed by atoms with Crippen molar-refractivity contribution in [1.82, 2.24) is 25.3 Å². The number of nitrogens with one attached hydrogen (secondary N) is 1. The van der Waals surface area contributed by atoms with Crippen LogP contribution in [0.15, 0.2) is 4.52 Å². The van der Waals surface area contributed by atoms with Gasteiger partial charge in [-0.25, -0.2) is 0 Å². The Labute approximate surface area is 137 Å². The number of piperazine rings is 1. The molecule has 1 saturated heterocycles. The molecule has 1 N–H and O–H groups in total. The van der Waals surface area contributed by atoms with E-state index in [1.54, 1.807) is 0 Å². The SMILES string of the molecule is CNCCC(=O)N1CCN(Cc2nc(C)no2)CC1.Cl.Cl. The number of carbonyl (C=O) groups excluding carboxylic acids is 1. The van der Waals surface area contributed by atoms with Gasteiger partial charge in [-0.3, -0.25) is 9.69 Å². The van der Waals surface area contributed by atoms with Gasteiger partial charge in [0.05, 0.1) is 6.54 Å². The summed E-state index contributed by atoms with van der Waals surface area (Å²) in [7, 11) is 1.86. The molecule has 7 nitrogen and oxygen atoms in total. The quantitative estimate of drug-likeness (QED) is 0.840. The number of hydrogen-bond donors (Lipinski definition) is 1. The van der Waals surface area contributed by atoms with Crippen LogP contribution in [0.3, 0.4) is 0 Å². The second-order valence-electron chi connectivity index (χ2n) is 4.75. The Morgan fingerprint density at radius 1 is 1.29 bits per heavy atom. The maximum atomic E-state index is 11.9. The lowest BCUT2D eigenvalue weighted by Crippen LogP contribution is -2.48. The molecule has 1 aromatic heterocycles. The summed E-state index contributed by atoms with van der Waals surface area (Å²) in [5.74, 6) is 1.53. The second-order valence-corrected chi connectivity index (χ2v) is 4.75. The summed E-state index contributed by atoms with van der Waals surface area (Å²) in [5, 5.41) is 6.77. The van der Waals surface area contributed by atoms with Crippen molar-refractivity contribution in [2.75, 3.05) is 39.8 Å². The first-order valence-corrected chi connectivity index (χ1v) is 6.63. The standard InChI is InChI=1S/C12H21N5O2.2ClH/c1-10-14-11(19-15-10)9-16-5-7-17(8-6-16)12(18)3-4-13-2;;/h13H,3-9H2,1-2H3;2*1H. The predicted octanol–water partition coefficient (Wildman–Crippen LogP) is 0.475. The Morgan fingerprint density at radius 2 is 1.95 bits per heavy atom. The van der Waals surface area contributed by atoms with Gasteiger partial charge in [0.1, 0.15) is 0 Å². The predicted molar refractivity (Wildman–Crippen MR) is 83.9 cm³/mol. The molecule has 0 bridgehead atoms. The molecule has 1 amide bonds. The molecule has 0 aromatic carbocycles. The van der Waals surface area contributed by atoms with E-state index in [0.29, 0.717) is 24.7 Å². The summed E-state index contributed by atoms with van der Waals surface area (Å²) < 4.78 is 5.10. The summed E-state index contributed by atoms with van der Waals surface area (Å²) in [6.07, 6.45) is 0.569. The van der Waals surface area contributed by atoms with E-state index in [0.717, 1.165) is 32.7 Å². The summed E-state index contributed by atoms with van der Waals surface area (Å²) in [6.45, 7) is 6.47. The molecule has 0 saturated carbocycles. The molecule has 1 aromatic rings. The number of amides is 1. The highest BCUT2D eigenvalue weighted by atomic mass is 35.5. The van der Waals surface area contributed by atoms with E-state index in [4.69, 9.17) is 4.52 Å². The monoisotopic (exact) mass is 339 g/mol. The van der Waals surface area contributed by atoms with Crippen LogP contribution in [-0.2, 0) is 11.3 Å². The minimum Gasteiger partial charge on any atom is -0.340 e. The number of aromatic nitrogens is 2. The molecule has 1 aliphatic rings. The van der Waals surface area contributed by atoms with Gasteiger partial charge in [-0.2, -0.15) is 4.98 Å². The normalized spacial score (nSPS) is 15.2. The van der Waals surface area contributed by atoms with E-state index in [1.807, 2.05) is 18.9 Å². The van der Waals surface area contributed by atoms with Gasteiger partial charge in [-0.15, -0.1) is 24.8 Å². The molecule has 1 fully saturated rings. The molecule has 122 valence electrons. The number of aryl methyl sites for hydroxylation is 1. The Kier molecular flexibility index (Phi) is 9.52. The van der Waals surface area contributed by atoms with Gasteiger partial charge in [0.2, 0.25) is 11.8 Å². The average Bonchev–Trinajstić information content (AvgIpc) is 2.82. The molecule has 0 aliphatic carbocycles. The first-order valence-electron chi connectivity index (χ1n) is 6.63. The number of hydrogen-bond acceptors (Lipinski definition) is 6. The lowest BCUT2D eigenvalue weighted by molar-refractivity contribution is -0.132. The van der Waals surface area contributed by atoms with Crippen LogP contribution in [0.2, 0.25) is 0 Å². The van der Waals surface area contributed by atoms with Gasteiger partial charge in [0.15, 0.2) is 5.82 Å². The van der Waals surface area contributed by atoms with Crippen molar-refractivity contribution in [1.29, 1.82) is 0 Å². The first-order chi connectivity index (χ1) is 9.19. The minimum atomic E-state index is 0. The van der Waals surface area contributed by atoms with Crippen LogP contribution in [0.1, 0.15) is 18.1 Å². The Balaban J connectivity index is 0.00000200. The fraction of sp³-hybridized carbons (Fsp3) is 0.750. The topological polar surface area (TPSA) is 74.5 Å². The molecular weight excluding hydrogens is 317 g/mol. The molecule has 0 spiro atoms. The van der Waals surface area contributed by atoms with Crippen molar-refractivity contribution >= 4 is 30.7 Å². The van der Waals surface area contributed by atoms with E-state index in [1.165, 1.54) is 0 Å². The smallest absolute Gasteiger partial charge is 0.240 e. The third kappa shape index (κ3) is 6.17. The number of carbonyl (C=O) groups is 1. The lowest BCUT2D eigenvalue weighted by atomic mass is 10.2. The fourth-order valence-corrected chi connectivity index (χ4v) is 2.14. The third-order valence-corrected chi connectivity index (χ3v) is 3.24. The maximum Gasteiger partial charge on any atom is 0.240 e. The molecule has 0 unspecified atom stereocenters. The molecule has 0 radical (unpaired) electrons. The van der Waals surface area contributed by atoms with Gasteiger partial charge in [0.25, 0.3) is 0 Å². The van der Waals surface area contributed by atoms with Crippen LogP contribution in [0, 0.1) is 6.92 Å². The Bertz CT molecular complexity index is 422. The highest BCUT2D eigenvalue weighted by Crippen LogP contribution is 2.08. The molecule has 21 heavy (non-hydrogen) atoms. The van der Waals surface area contributed by atoms with Gasteiger partial charge < -0.3 is 14.7 Å². The fourth-order valence-electron chi connectivity index (χ4n) is 2.14. The van der Waals surface area contributed by atoms with Crippen molar-refractivity contribution in [3.8, 4) is 0 Å². The van der Waals surface area contributed by atoms with E-state index in [-0.39, 0.29) is 30.7 Å². The molecule has 2 rings (SSSR count). The van der Waals surface area contributed by atoms with E-state index in [2.05, 4.69) is 20.4 Å². The van der Waals surface area contributed by atoms with Gasteiger partial charge in [-0.1, -0.05) is 5.16 Å². The van der Waals surface area contributed by atoms with Crippen LogP contribution in [0.25, 0.3) is 0 Å². The Morgan fingerprint density at radius 3 is 2.48 bits per heavy atom. The maximum absolute atomic E-state index is 11.9. The van der Waals surface area contributed by atoms with Crippen molar-refractivity contribution in [3.05, 3.63) is 11.7 Å². The molecule has 0 atom stereocenters. The molecule has 2 heterocycles. The molecular formula is C12H23Cl2N5O2. The zero-order valence-corrected chi connectivity index (χ0v) is 14.0. The third-order valence-electron chi connectivity index (χ3n) is 3.24. The van der Waals surface area contributed by atoms with Crippen LogP contribution in [-0.4, -0.2) is 65.6 Å². The highest BCUT2D eigenvalue weighted by Gasteiger charge is 2.21. The largest absolute Gasteiger partial charge is 0.340 e. The van der Waals surface area contributed by atoms with Gasteiger partial charge in [0, 0.05) is 39.1 Å². The number of nitrogens with zero attached hydrogens (tertiary/aromatic N) is 4. The van der Waals surface area contributed by atoms with Crippen molar-refractivity contribution in [2.45, 2.75) is 19.9 Å². The van der Waals surface area contributed by atoms with Crippen LogP contribution in [0.5, 0.6) is 0 Å². The summed E-state index contributed by atoms with van der Waals surface area (Å²) >= 11 is 0. The van der Waals surface area contributed by atoms with Gasteiger partial charge in [-0.05, 0) is 14.0 Å². The second kappa shape index (κ2) is 9.94. The van der Waals surface area contributed by atoms with Crippen molar-refractivity contribution in [3.63, 3.8) is 0 Å². The summed E-state index contributed by atoms with van der Waals surface area (Å²) in [6, 6.07) is 0. The molecule has 9 heteroatoms. The summed E-state index contributed by atoms with van der Waals surface area (Å²) in [4.78, 5) is 20.2. The van der Waals surface area contributed by atoms with Crippen LogP contribution >= 0.6 is 24.8 Å². The molecule has 1 aliphatic heterocycles. The van der Waals surface area contributed by atoms with E-state index >= 15 is 0 Å². The van der Waals surface area contributed by atoms with Crippen LogP contribution in [0.4, 0.5) is 0 Å². The van der Waals surface area contributed by atoms with E-state index in [9.17, 15) is 4.79 Å². The van der Waals surface area contributed by atoms with Crippen LogP contribution < -0.4 is 5.32 Å².